The van der Waals surface area contributed by atoms with Crippen LogP contribution >= 0.6 is 0 Å². The highest BCUT2D eigenvalue weighted by Crippen LogP contribution is 2.18. The van der Waals surface area contributed by atoms with Gasteiger partial charge in [0, 0.05) is 0 Å². The molecule has 0 aliphatic rings. The summed E-state index contributed by atoms with van der Waals surface area (Å²) in [6, 6.07) is 6.49. The lowest BCUT2D eigenvalue weighted by atomic mass is 10.3. The standard InChI is InChI=1S/C10H5F3N2O2/c11-10(12,13)17-9(16)8-5-14-6-3-1-2-4-7(6)15-8/h1-5H. The van der Waals surface area contributed by atoms with E-state index < -0.39 is 18.0 Å². The van der Waals surface area contributed by atoms with Crippen LogP contribution in [0.3, 0.4) is 0 Å². The van der Waals surface area contributed by atoms with Crippen LogP contribution in [0.2, 0.25) is 0 Å². The Labute approximate surface area is 93.1 Å². The smallest absolute Gasteiger partial charge is 0.368 e. The summed E-state index contributed by atoms with van der Waals surface area (Å²) in [5.41, 5.74) is 0.321. The first-order valence-electron chi connectivity index (χ1n) is 4.47. The van der Waals surface area contributed by atoms with Crippen molar-refractivity contribution in [1.82, 2.24) is 9.97 Å². The number of para-hydroxylation sites is 2. The zero-order valence-electron chi connectivity index (χ0n) is 8.23. The molecule has 7 heteroatoms. The Bertz CT molecular complexity index is 569. The van der Waals surface area contributed by atoms with Gasteiger partial charge in [-0.1, -0.05) is 12.1 Å². The van der Waals surface area contributed by atoms with E-state index >= 15 is 0 Å². The largest absolute Gasteiger partial charge is 0.575 e. The second kappa shape index (κ2) is 4.00. The SMILES string of the molecule is O=C(OC(F)(F)F)c1cnc2ccccc2n1. The summed E-state index contributed by atoms with van der Waals surface area (Å²) in [6.45, 7) is 0. The van der Waals surface area contributed by atoms with Crippen molar-refractivity contribution in [2.75, 3.05) is 0 Å². The Balaban J connectivity index is 2.33. The van der Waals surface area contributed by atoms with Crippen LogP contribution in [0.4, 0.5) is 13.2 Å². The summed E-state index contributed by atoms with van der Waals surface area (Å²) in [7, 11) is 0. The van der Waals surface area contributed by atoms with Gasteiger partial charge in [0.2, 0.25) is 0 Å². The van der Waals surface area contributed by atoms with Crippen molar-refractivity contribution < 1.29 is 22.7 Å². The Kier molecular flexibility index (Phi) is 2.66. The number of carbonyl (C=O) groups is 1. The number of fused-ring (bicyclic) bond motifs is 1. The normalized spacial score (nSPS) is 11.5. The van der Waals surface area contributed by atoms with E-state index in [9.17, 15) is 18.0 Å². The molecule has 0 atom stereocenters. The second-order valence-electron chi connectivity index (χ2n) is 3.08. The van der Waals surface area contributed by atoms with Gasteiger partial charge in [0.15, 0.2) is 5.69 Å². The summed E-state index contributed by atoms with van der Waals surface area (Å²) < 4.78 is 38.7. The lowest BCUT2D eigenvalue weighted by Crippen LogP contribution is -2.20. The van der Waals surface area contributed by atoms with E-state index in [2.05, 4.69) is 14.7 Å². The van der Waals surface area contributed by atoms with Gasteiger partial charge in [-0.2, -0.15) is 0 Å². The van der Waals surface area contributed by atoms with Crippen LogP contribution < -0.4 is 0 Å². The van der Waals surface area contributed by atoms with Crippen molar-refractivity contribution in [2.24, 2.45) is 0 Å². The first kappa shape index (κ1) is 11.3. The zero-order valence-corrected chi connectivity index (χ0v) is 8.23. The van der Waals surface area contributed by atoms with Gasteiger partial charge in [0.1, 0.15) is 0 Å². The first-order chi connectivity index (χ1) is 7.96. The topological polar surface area (TPSA) is 52.1 Å². The minimum atomic E-state index is -5.02. The van der Waals surface area contributed by atoms with Gasteiger partial charge in [-0.15, -0.1) is 13.2 Å². The van der Waals surface area contributed by atoms with E-state index in [1.807, 2.05) is 0 Å². The minimum Gasteiger partial charge on any atom is -0.368 e. The molecule has 0 saturated heterocycles. The Morgan fingerprint density at radius 2 is 1.82 bits per heavy atom. The fourth-order valence-corrected chi connectivity index (χ4v) is 1.21. The summed E-state index contributed by atoms with van der Waals surface area (Å²) in [5.74, 6) is -1.57. The van der Waals surface area contributed by atoms with Crippen molar-refractivity contribution in [3.8, 4) is 0 Å². The fraction of sp³-hybridized carbons (Fsp3) is 0.100. The maximum absolute atomic E-state index is 11.8. The second-order valence-corrected chi connectivity index (χ2v) is 3.08. The van der Waals surface area contributed by atoms with Gasteiger partial charge in [-0.25, -0.2) is 9.78 Å². The number of alkyl halides is 3. The number of carbonyl (C=O) groups excluding carboxylic acids is 1. The van der Waals surface area contributed by atoms with Crippen LogP contribution in [0.15, 0.2) is 30.5 Å². The molecular weight excluding hydrogens is 237 g/mol. The van der Waals surface area contributed by atoms with Crippen molar-refractivity contribution in [3.05, 3.63) is 36.2 Å². The van der Waals surface area contributed by atoms with Crippen LogP contribution in [-0.2, 0) is 4.74 Å². The molecule has 1 aromatic carbocycles. The van der Waals surface area contributed by atoms with E-state index in [1.54, 1.807) is 18.2 Å². The van der Waals surface area contributed by atoms with Gasteiger partial charge in [-0.3, -0.25) is 4.98 Å². The van der Waals surface area contributed by atoms with Gasteiger partial charge < -0.3 is 4.74 Å². The molecule has 1 heterocycles. The number of hydrogen-bond acceptors (Lipinski definition) is 4. The van der Waals surface area contributed by atoms with Gasteiger partial charge in [-0.05, 0) is 12.1 Å². The third kappa shape index (κ3) is 2.68. The summed E-state index contributed by atoms with van der Waals surface area (Å²) >= 11 is 0. The predicted octanol–water partition coefficient (Wildman–Crippen LogP) is 2.31. The van der Waals surface area contributed by atoms with E-state index in [-0.39, 0.29) is 0 Å². The van der Waals surface area contributed by atoms with Crippen LogP contribution in [-0.4, -0.2) is 22.3 Å². The van der Waals surface area contributed by atoms with Crippen molar-refractivity contribution in [3.63, 3.8) is 0 Å². The molecule has 0 aliphatic carbocycles. The number of aromatic nitrogens is 2. The number of halogens is 3. The Hall–Kier alpha value is -2.18. The third-order valence-electron chi connectivity index (χ3n) is 1.87. The maximum Gasteiger partial charge on any atom is 0.575 e. The van der Waals surface area contributed by atoms with E-state index in [4.69, 9.17) is 0 Å². The number of nitrogens with zero attached hydrogens (tertiary/aromatic N) is 2. The molecule has 0 N–H and O–H groups in total. The molecule has 2 rings (SSSR count). The van der Waals surface area contributed by atoms with E-state index in [1.165, 1.54) is 6.07 Å². The fourth-order valence-electron chi connectivity index (χ4n) is 1.21. The maximum atomic E-state index is 11.8. The number of esters is 1. The molecule has 17 heavy (non-hydrogen) atoms. The van der Waals surface area contributed by atoms with Crippen molar-refractivity contribution >= 4 is 17.0 Å². The van der Waals surface area contributed by atoms with E-state index in [0.717, 1.165) is 6.20 Å². The van der Waals surface area contributed by atoms with Crippen molar-refractivity contribution in [1.29, 1.82) is 0 Å². The van der Waals surface area contributed by atoms with Crippen LogP contribution in [0.1, 0.15) is 10.5 Å². The average Bonchev–Trinajstić information content (AvgIpc) is 2.26. The summed E-state index contributed by atoms with van der Waals surface area (Å²) in [5, 5.41) is 0. The molecule has 0 aliphatic heterocycles. The molecule has 1 aromatic heterocycles. The van der Waals surface area contributed by atoms with Gasteiger partial charge in [0.25, 0.3) is 0 Å². The average molecular weight is 242 g/mol. The minimum absolute atomic E-state index is 0.323. The Morgan fingerprint density at radius 1 is 1.18 bits per heavy atom. The Morgan fingerprint density at radius 3 is 2.47 bits per heavy atom. The third-order valence-corrected chi connectivity index (χ3v) is 1.87. The lowest BCUT2D eigenvalue weighted by Gasteiger charge is -2.06. The van der Waals surface area contributed by atoms with Crippen LogP contribution in [0.5, 0.6) is 0 Å². The number of ether oxygens (including phenoxy) is 1. The number of hydrogen-bond donors (Lipinski definition) is 0. The van der Waals surface area contributed by atoms with Crippen LogP contribution in [0, 0.1) is 0 Å². The summed E-state index contributed by atoms with van der Waals surface area (Å²) in [4.78, 5) is 18.6. The highest BCUT2D eigenvalue weighted by molar-refractivity contribution is 5.89. The molecule has 0 saturated carbocycles. The molecule has 4 nitrogen and oxygen atoms in total. The molecule has 0 unspecified atom stereocenters. The number of rotatable bonds is 1. The van der Waals surface area contributed by atoms with E-state index in [0.29, 0.717) is 11.0 Å². The quantitative estimate of drug-likeness (QED) is 0.720. The monoisotopic (exact) mass is 242 g/mol. The molecular formula is C10H5F3N2O2. The predicted molar refractivity (Wildman–Crippen MR) is 51.0 cm³/mol. The molecule has 0 fully saturated rings. The highest BCUT2D eigenvalue weighted by Gasteiger charge is 2.35. The molecule has 0 spiro atoms. The molecule has 0 radical (unpaired) electrons. The van der Waals surface area contributed by atoms with Gasteiger partial charge in [0.05, 0.1) is 17.2 Å². The molecule has 88 valence electrons. The van der Waals surface area contributed by atoms with Crippen molar-refractivity contribution in [2.45, 2.75) is 6.36 Å². The zero-order chi connectivity index (χ0) is 12.5. The molecule has 0 amide bonds. The van der Waals surface area contributed by atoms with Gasteiger partial charge >= 0.3 is 12.3 Å². The molecule has 0 bridgehead atoms. The number of benzene rings is 1. The molecule has 2 aromatic rings. The lowest BCUT2D eigenvalue weighted by molar-refractivity contribution is -0.292. The first-order valence-corrected chi connectivity index (χ1v) is 4.47. The highest BCUT2D eigenvalue weighted by atomic mass is 19.4. The van der Waals surface area contributed by atoms with Crippen LogP contribution in [0.25, 0.3) is 11.0 Å². The summed E-state index contributed by atoms with van der Waals surface area (Å²) in [6.07, 6.45) is -4.08.